The summed E-state index contributed by atoms with van der Waals surface area (Å²) in [4.78, 5) is 0.337. The van der Waals surface area contributed by atoms with Crippen LogP contribution in [0, 0.1) is 5.92 Å². The third-order valence-electron chi connectivity index (χ3n) is 4.05. The smallest absolute Gasteiger partial charge is 0.207 e. The van der Waals surface area contributed by atoms with Crippen LogP contribution >= 0.6 is 0 Å². The highest BCUT2D eigenvalue weighted by molar-refractivity contribution is 7.89. The standard InChI is InChI=1S/C19H19NO2S/c1-2-17-14-20(23(21,22)19-11-7-4-8-12-19)15-18(17)13-16-9-5-3-6-10-16/h2-13,17H,1,14-15H2/b18-13+. The third kappa shape index (κ3) is 3.28. The molecule has 2 aromatic carbocycles. The largest absolute Gasteiger partial charge is 0.243 e. The number of sulfonamides is 1. The fourth-order valence-corrected chi connectivity index (χ4v) is 4.26. The summed E-state index contributed by atoms with van der Waals surface area (Å²) in [6.07, 6.45) is 3.89. The number of hydrogen-bond acceptors (Lipinski definition) is 2. The van der Waals surface area contributed by atoms with Gasteiger partial charge in [-0.1, -0.05) is 60.7 Å². The van der Waals surface area contributed by atoms with Gasteiger partial charge in [0.15, 0.2) is 0 Å². The molecule has 4 heteroatoms. The maximum absolute atomic E-state index is 12.8. The van der Waals surface area contributed by atoms with Crippen molar-refractivity contribution in [2.45, 2.75) is 4.90 Å². The van der Waals surface area contributed by atoms with Crippen LogP contribution in [0.2, 0.25) is 0 Å². The minimum absolute atomic E-state index is 0.0497. The van der Waals surface area contributed by atoms with E-state index in [-0.39, 0.29) is 5.92 Å². The van der Waals surface area contributed by atoms with Crippen molar-refractivity contribution in [3.63, 3.8) is 0 Å². The highest BCUT2D eigenvalue weighted by Crippen LogP contribution is 2.30. The molecule has 23 heavy (non-hydrogen) atoms. The van der Waals surface area contributed by atoms with Crippen molar-refractivity contribution in [1.29, 1.82) is 0 Å². The molecule has 2 aromatic rings. The van der Waals surface area contributed by atoms with Crippen molar-refractivity contribution < 1.29 is 8.42 Å². The van der Waals surface area contributed by atoms with Crippen LogP contribution in [0.3, 0.4) is 0 Å². The first kappa shape index (κ1) is 15.7. The lowest BCUT2D eigenvalue weighted by molar-refractivity contribution is 0.471. The van der Waals surface area contributed by atoms with Crippen LogP contribution in [-0.2, 0) is 10.0 Å². The third-order valence-corrected chi connectivity index (χ3v) is 5.88. The maximum Gasteiger partial charge on any atom is 0.243 e. The van der Waals surface area contributed by atoms with E-state index in [0.29, 0.717) is 18.0 Å². The highest BCUT2D eigenvalue weighted by atomic mass is 32.2. The Bertz CT molecular complexity index is 811. The lowest BCUT2D eigenvalue weighted by atomic mass is 10.0. The molecular formula is C19H19NO2S. The summed E-state index contributed by atoms with van der Waals surface area (Å²) in [6.45, 7) is 4.71. The monoisotopic (exact) mass is 325 g/mol. The molecule has 3 nitrogen and oxygen atoms in total. The summed E-state index contributed by atoms with van der Waals surface area (Å²) >= 11 is 0. The molecule has 1 unspecified atom stereocenters. The Hall–Kier alpha value is -2.17. The maximum atomic E-state index is 12.8. The van der Waals surface area contributed by atoms with Gasteiger partial charge in [0.2, 0.25) is 10.0 Å². The van der Waals surface area contributed by atoms with Crippen LogP contribution < -0.4 is 0 Å². The second-order valence-corrected chi connectivity index (χ2v) is 7.52. The van der Waals surface area contributed by atoms with Gasteiger partial charge in [0, 0.05) is 19.0 Å². The molecule has 1 aliphatic heterocycles. The molecule has 0 spiro atoms. The molecule has 0 saturated carbocycles. The van der Waals surface area contributed by atoms with Gasteiger partial charge in [-0.15, -0.1) is 6.58 Å². The number of nitrogens with zero attached hydrogens (tertiary/aromatic N) is 1. The van der Waals surface area contributed by atoms with Gasteiger partial charge in [-0.05, 0) is 23.3 Å². The van der Waals surface area contributed by atoms with Gasteiger partial charge in [-0.2, -0.15) is 4.31 Å². The van der Waals surface area contributed by atoms with E-state index in [1.165, 1.54) is 4.31 Å². The number of hydrogen-bond donors (Lipinski definition) is 0. The zero-order valence-electron chi connectivity index (χ0n) is 12.8. The zero-order valence-corrected chi connectivity index (χ0v) is 13.6. The first-order chi connectivity index (χ1) is 11.1. The molecule has 118 valence electrons. The molecule has 0 bridgehead atoms. The Morgan fingerprint density at radius 3 is 2.22 bits per heavy atom. The first-order valence-corrected chi connectivity index (χ1v) is 8.98. The molecule has 1 aliphatic rings. The Morgan fingerprint density at radius 1 is 1.00 bits per heavy atom. The Balaban J connectivity index is 1.90. The Kier molecular flexibility index (Phi) is 4.46. The van der Waals surface area contributed by atoms with Gasteiger partial charge in [0.1, 0.15) is 0 Å². The van der Waals surface area contributed by atoms with Crippen LogP contribution in [0.4, 0.5) is 0 Å². The average molecular weight is 325 g/mol. The van der Waals surface area contributed by atoms with Crippen molar-refractivity contribution in [3.05, 3.63) is 84.5 Å². The van der Waals surface area contributed by atoms with Gasteiger partial charge in [-0.3, -0.25) is 0 Å². The molecule has 1 heterocycles. The van der Waals surface area contributed by atoms with Crippen molar-refractivity contribution in [1.82, 2.24) is 4.31 Å². The summed E-state index contributed by atoms with van der Waals surface area (Å²) in [7, 11) is -3.46. The van der Waals surface area contributed by atoms with Crippen molar-refractivity contribution in [3.8, 4) is 0 Å². The second-order valence-electron chi connectivity index (χ2n) is 5.58. The van der Waals surface area contributed by atoms with E-state index in [9.17, 15) is 8.42 Å². The molecular weight excluding hydrogens is 306 g/mol. The van der Waals surface area contributed by atoms with Gasteiger partial charge in [0.25, 0.3) is 0 Å². The minimum atomic E-state index is -3.46. The van der Waals surface area contributed by atoms with E-state index in [2.05, 4.69) is 12.7 Å². The molecule has 0 N–H and O–H groups in total. The minimum Gasteiger partial charge on any atom is -0.207 e. The molecule has 1 atom stereocenters. The van der Waals surface area contributed by atoms with Crippen LogP contribution in [0.25, 0.3) is 6.08 Å². The highest BCUT2D eigenvalue weighted by Gasteiger charge is 2.34. The first-order valence-electron chi connectivity index (χ1n) is 7.54. The topological polar surface area (TPSA) is 37.4 Å². The fraction of sp³-hybridized carbons (Fsp3) is 0.158. The molecule has 0 aliphatic carbocycles. The van der Waals surface area contributed by atoms with Gasteiger partial charge < -0.3 is 0 Å². The normalized spacial score (nSPS) is 20.7. The van der Waals surface area contributed by atoms with Crippen molar-refractivity contribution in [2.24, 2.45) is 5.92 Å². The predicted octanol–water partition coefficient (Wildman–Crippen LogP) is 3.58. The lowest BCUT2D eigenvalue weighted by Gasteiger charge is -2.15. The molecule has 1 fully saturated rings. The Labute approximate surface area is 137 Å². The van der Waals surface area contributed by atoms with Crippen molar-refractivity contribution >= 4 is 16.1 Å². The molecule has 1 saturated heterocycles. The fourth-order valence-electron chi connectivity index (χ4n) is 2.79. The van der Waals surface area contributed by atoms with Crippen LogP contribution in [-0.4, -0.2) is 25.8 Å². The van der Waals surface area contributed by atoms with E-state index >= 15 is 0 Å². The van der Waals surface area contributed by atoms with E-state index in [4.69, 9.17) is 0 Å². The number of benzene rings is 2. The summed E-state index contributed by atoms with van der Waals surface area (Å²) < 4.78 is 27.0. The zero-order chi connectivity index (χ0) is 16.3. The quantitative estimate of drug-likeness (QED) is 0.806. The van der Waals surface area contributed by atoms with Gasteiger partial charge in [0.05, 0.1) is 4.90 Å². The van der Waals surface area contributed by atoms with Crippen LogP contribution in [0.5, 0.6) is 0 Å². The Morgan fingerprint density at radius 2 is 1.61 bits per heavy atom. The van der Waals surface area contributed by atoms with Gasteiger partial charge in [-0.25, -0.2) is 8.42 Å². The van der Waals surface area contributed by atoms with Crippen molar-refractivity contribution in [2.75, 3.05) is 13.1 Å². The lowest BCUT2D eigenvalue weighted by Crippen LogP contribution is -2.28. The van der Waals surface area contributed by atoms with Crippen LogP contribution in [0.15, 0.2) is 83.8 Å². The van der Waals surface area contributed by atoms with Gasteiger partial charge >= 0.3 is 0 Å². The summed E-state index contributed by atoms with van der Waals surface area (Å²) in [5, 5.41) is 0. The SMILES string of the molecule is C=CC1CN(S(=O)(=O)c2ccccc2)C/C1=C\c1ccccc1. The van der Waals surface area contributed by atoms with E-state index in [0.717, 1.165) is 11.1 Å². The molecule has 0 amide bonds. The van der Waals surface area contributed by atoms with E-state index in [1.807, 2.05) is 42.5 Å². The molecule has 0 radical (unpaired) electrons. The predicted molar refractivity (Wildman–Crippen MR) is 93.3 cm³/mol. The summed E-state index contributed by atoms with van der Waals surface area (Å²) in [5.41, 5.74) is 2.15. The molecule has 3 rings (SSSR count). The van der Waals surface area contributed by atoms with E-state index in [1.54, 1.807) is 24.3 Å². The number of rotatable bonds is 4. The van der Waals surface area contributed by atoms with Crippen LogP contribution in [0.1, 0.15) is 5.56 Å². The summed E-state index contributed by atoms with van der Waals surface area (Å²) in [5.74, 6) is 0.0497. The second kappa shape index (κ2) is 6.52. The van der Waals surface area contributed by atoms with E-state index < -0.39 is 10.0 Å². The summed E-state index contributed by atoms with van der Waals surface area (Å²) in [6, 6.07) is 18.5. The molecule has 0 aromatic heterocycles. The average Bonchev–Trinajstić information content (AvgIpc) is 3.00.